The van der Waals surface area contributed by atoms with Crippen molar-refractivity contribution in [2.45, 2.75) is 6.92 Å². The van der Waals surface area contributed by atoms with Gasteiger partial charge < -0.3 is 4.90 Å². The summed E-state index contributed by atoms with van der Waals surface area (Å²) in [5.74, 6) is 0. The predicted molar refractivity (Wildman–Crippen MR) is 242 cm³/mol. The summed E-state index contributed by atoms with van der Waals surface area (Å²) in [5, 5.41) is 14.1. The van der Waals surface area contributed by atoms with E-state index >= 15 is 0 Å². The number of benzene rings is 8. The Hall–Kier alpha value is -7.50. The van der Waals surface area contributed by atoms with Crippen molar-refractivity contribution in [3.63, 3.8) is 0 Å². The molecule has 0 bridgehead atoms. The van der Waals surface area contributed by atoms with Crippen molar-refractivity contribution in [3.05, 3.63) is 230 Å². The van der Waals surface area contributed by atoms with Crippen LogP contribution in [-0.4, -0.2) is 19.0 Å². The molecule has 0 atom stereocenters. The molecule has 5 heteroatoms. The first-order chi connectivity index (χ1) is 28.2. The molecule has 276 valence electrons. The molecule has 8 rings (SSSR count). The van der Waals surface area contributed by atoms with Crippen molar-refractivity contribution in [1.82, 2.24) is 0 Å². The Balaban J connectivity index is 1.18. The first-order valence-corrected chi connectivity index (χ1v) is 19.3. The van der Waals surface area contributed by atoms with E-state index in [1.807, 2.05) is 95.2 Å². The van der Waals surface area contributed by atoms with Crippen LogP contribution in [0, 0.1) is 0 Å². The van der Waals surface area contributed by atoms with Gasteiger partial charge in [-0.25, -0.2) is 10.0 Å². The molecule has 0 aliphatic carbocycles. The number of hydrazone groups is 2. The number of hydrogen-bond donors (Lipinski definition) is 0. The molecule has 8 aromatic rings. The topological polar surface area (TPSA) is 34.4 Å². The summed E-state index contributed by atoms with van der Waals surface area (Å²) in [6.45, 7) is 2.97. The standard InChI is InChI=1S/C52H43N5/c1-2-55(49-35-33-43(51(37-49)41-21-9-3-10-22-41)39-53-56(45-25-13-5-14-26-45)46-27-15-6-16-28-46)50-36-34-44(52(38-50)42-23-11-4-12-24-42)40-54-57(47-29-17-7-18-30-47)48-31-19-8-20-32-48/h3-40H,2H2,1H3. The van der Waals surface area contributed by atoms with Gasteiger partial charge >= 0.3 is 0 Å². The van der Waals surface area contributed by atoms with Crippen LogP contribution in [0.3, 0.4) is 0 Å². The van der Waals surface area contributed by atoms with Gasteiger partial charge in [0, 0.05) is 29.0 Å². The number of nitrogens with zero attached hydrogens (tertiary/aromatic N) is 5. The minimum absolute atomic E-state index is 0.773. The van der Waals surface area contributed by atoms with Crippen molar-refractivity contribution in [1.29, 1.82) is 0 Å². The van der Waals surface area contributed by atoms with Gasteiger partial charge in [0.05, 0.1) is 35.2 Å². The van der Waals surface area contributed by atoms with Gasteiger partial charge in [0.1, 0.15) is 0 Å². The van der Waals surface area contributed by atoms with Gasteiger partial charge in [0.15, 0.2) is 0 Å². The molecule has 0 radical (unpaired) electrons. The quantitative estimate of drug-likeness (QED) is 0.0873. The lowest BCUT2D eigenvalue weighted by molar-refractivity contribution is 1.02. The summed E-state index contributed by atoms with van der Waals surface area (Å²) in [4.78, 5) is 2.36. The van der Waals surface area contributed by atoms with Crippen molar-refractivity contribution >= 4 is 46.6 Å². The monoisotopic (exact) mass is 737 g/mol. The average Bonchev–Trinajstić information content (AvgIpc) is 3.29. The summed E-state index contributed by atoms with van der Waals surface area (Å²) in [6.07, 6.45) is 3.94. The molecule has 0 heterocycles. The van der Waals surface area contributed by atoms with E-state index in [4.69, 9.17) is 10.2 Å². The molecule has 5 nitrogen and oxygen atoms in total. The number of para-hydroxylation sites is 4. The molecule has 57 heavy (non-hydrogen) atoms. The summed E-state index contributed by atoms with van der Waals surface area (Å²) >= 11 is 0. The Bertz CT molecular complexity index is 2280. The molecule has 0 unspecified atom stereocenters. The molecule has 0 N–H and O–H groups in total. The van der Waals surface area contributed by atoms with E-state index in [9.17, 15) is 0 Å². The summed E-state index contributed by atoms with van der Waals surface area (Å²) in [6, 6.07) is 75.5. The molecule has 0 aromatic heterocycles. The number of rotatable bonds is 13. The fourth-order valence-electron chi connectivity index (χ4n) is 6.98. The van der Waals surface area contributed by atoms with Crippen molar-refractivity contribution in [2.24, 2.45) is 10.2 Å². The molecular formula is C52H43N5. The van der Waals surface area contributed by atoms with Crippen LogP contribution in [0.15, 0.2) is 229 Å². The SMILES string of the molecule is CCN(c1ccc(C=NN(c2ccccc2)c2ccccc2)c(-c2ccccc2)c1)c1ccc(C=NN(c2ccccc2)c2ccccc2)c(-c2ccccc2)c1. The minimum atomic E-state index is 0.773. The first kappa shape index (κ1) is 36.5. The van der Waals surface area contributed by atoms with Gasteiger partial charge in [0.25, 0.3) is 0 Å². The van der Waals surface area contributed by atoms with E-state index in [-0.39, 0.29) is 0 Å². The fourth-order valence-corrected chi connectivity index (χ4v) is 6.98. The van der Waals surface area contributed by atoms with Gasteiger partial charge in [-0.3, -0.25) is 0 Å². The average molecular weight is 738 g/mol. The number of anilines is 6. The molecule has 0 spiro atoms. The maximum Gasteiger partial charge on any atom is 0.0652 e. The lowest BCUT2D eigenvalue weighted by atomic mass is 9.97. The highest BCUT2D eigenvalue weighted by Crippen LogP contribution is 2.36. The maximum atomic E-state index is 5.08. The molecule has 0 saturated carbocycles. The molecule has 0 fully saturated rings. The van der Waals surface area contributed by atoms with Crippen LogP contribution in [0.2, 0.25) is 0 Å². The Morgan fingerprint density at radius 3 is 0.947 bits per heavy atom. The largest absolute Gasteiger partial charge is 0.342 e. The fraction of sp³-hybridized carbons (Fsp3) is 0.0385. The van der Waals surface area contributed by atoms with Gasteiger partial charge in [0.2, 0.25) is 0 Å². The van der Waals surface area contributed by atoms with Gasteiger partial charge in [-0.1, -0.05) is 146 Å². The summed E-state index contributed by atoms with van der Waals surface area (Å²) in [7, 11) is 0. The predicted octanol–water partition coefficient (Wildman–Crippen LogP) is 13.5. The number of hydrogen-bond acceptors (Lipinski definition) is 5. The second-order valence-electron chi connectivity index (χ2n) is 13.5. The van der Waals surface area contributed by atoms with E-state index < -0.39 is 0 Å². The Morgan fingerprint density at radius 2 is 0.649 bits per heavy atom. The van der Waals surface area contributed by atoms with Crippen LogP contribution in [0.25, 0.3) is 22.3 Å². The molecule has 0 amide bonds. The maximum absolute atomic E-state index is 5.08. The third-order valence-corrected chi connectivity index (χ3v) is 9.81. The highest BCUT2D eigenvalue weighted by Gasteiger charge is 2.16. The summed E-state index contributed by atoms with van der Waals surface area (Å²) in [5.41, 5.74) is 12.7. The second kappa shape index (κ2) is 17.8. The van der Waals surface area contributed by atoms with Gasteiger partial charge in [-0.15, -0.1) is 0 Å². The molecule has 0 aliphatic rings. The molecule has 0 saturated heterocycles. The van der Waals surface area contributed by atoms with Crippen LogP contribution in [0.1, 0.15) is 18.1 Å². The Labute approximate surface area is 335 Å². The van der Waals surface area contributed by atoms with Crippen molar-refractivity contribution in [3.8, 4) is 22.3 Å². The normalized spacial score (nSPS) is 11.2. The van der Waals surface area contributed by atoms with E-state index in [1.54, 1.807) is 0 Å². The van der Waals surface area contributed by atoms with E-state index in [1.165, 1.54) is 0 Å². The zero-order valence-electron chi connectivity index (χ0n) is 31.9. The first-order valence-electron chi connectivity index (χ1n) is 19.3. The van der Waals surface area contributed by atoms with Crippen molar-refractivity contribution in [2.75, 3.05) is 21.5 Å². The highest BCUT2D eigenvalue weighted by molar-refractivity contribution is 5.95. The van der Waals surface area contributed by atoms with Gasteiger partial charge in [-0.2, -0.15) is 10.2 Å². The van der Waals surface area contributed by atoms with Crippen LogP contribution in [0.4, 0.5) is 34.1 Å². The van der Waals surface area contributed by atoms with Crippen LogP contribution >= 0.6 is 0 Å². The van der Waals surface area contributed by atoms with E-state index in [0.29, 0.717) is 0 Å². The van der Waals surface area contributed by atoms with E-state index in [0.717, 1.165) is 74.0 Å². The minimum Gasteiger partial charge on any atom is -0.342 e. The molecular weight excluding hydrogens is 695 g/mol. The lowest BCUT2D eigenvalue weighted by Crippen LogP contribution is -2.16. The lowest BCUT2D eigenvalue weighted by Gasteiger charge is -2.26. The van der Waals surface area contributed by atoms with Crippen LogP contribution in [-0.2, 0) is 0 Å². The Morgan fingerprint density at radius 1 is 0.351 bits per heavy atom. The smallest absolute Gasteiger partial charge is 0.0652 e. The molecule has 0 aliphatic heterocycles. The van der Waals surface area contributed by atoms with Crippen LogP contribution < -0.4 is 14.9 Å². The zero-order chi connectivity index (χ0) is 38.7. The van der Waals surface area contributed by atoms with Crippen LogP contribution in [0.5, 0.6) is 0 Å². The third kappa shape index (κ3) is 8.59. The second-order valence-corrected chi connectivity index (χ2v) is 13.5. The van der Waals surface area contributed by atoms with Crippen molar-refractivity contribution < 1.29 is 0 Å². The van der Waals surface area contributed by atoms with Gasteiger partial charge in [-0.05, 0) is 102 Å². The molecule has 8 aromatic carbocycles. The summed E-state index contributed by atoms with van der Waals surface area (Å²) < 4.78 is 0. The third-order valence-electron chi connectivity index (χ3n) is 9.81. The van der Waals surface area contributed by atoms with E-state index in [2.05, 4.69) is 157 Å². The zero-order valence-corrected chi connectivity index (χ0v) is 31.9. The Kier molecular flexibility index (Phi) is 11.4. The highest BCUT2D eigenvalue weighted by atomic mass is 15.5.